The van der Waals surface area contributed by atoms with Crippen molar-refractivity contribution in [3.8, 4) is 0 Å². The summed E-state index contributed by atoms with van der Waals surface area (Å²) in [6.07, 6.45) is 2.30. The fraction of sp³-hybridized carbons (Fsp3) is 0.250. The van der Waals surface area contributed by atoms with Crippen LogP contribution in [-0.2, 0) is 11.0 Å². The molecule has 1 unspecified atom stereocenters. The highest BCUT2D eigenvalue weighted by atomic mass is 35.5. The lowest BCUT2D eigenvalue weighted by Crippen LogP contribution is -2.22. The molecule has 0 aliphatic rings. The third-order valence-electron chi connectivity index (χ3n) is 3.37. The number of carbonyl (C=O) groups is 1. The molecule has 0 saturated carbocycles. The molecule has 0 spiro atoms. The summed E-state index contributed by atoms with van der Waals surface area (Å²) in [7, 11) is 4.11. The fourth-order valence-corrected chi connectivity index (χ4v) is 2.81. The lowest BCUT2D eigenvalue weighted by molar-refractivity contribution is 0.112. The number of anilines is 4. The Labute approximate surface area is 154 Å². The largest absolute Gasteiger partial charge is 0.353 e. The number of rotatable bonds is 7. The van der Waals surface area contributed by atoms with Gasteiger partial charge in [0, 0.05) is 27.4 Å². The Balaban J connectivity index is 2.49. The summed E-state index contributed by atoms with van der Waals surface area (Å²) >= 11 is 6.10. The molecule has 0 saturated heterocycles. The van der Waals surface area contributed by atoms with Gasteiger partial charge >= 0.3 is 0 Å². The van der Waals surface area contributed by atoms with Crippen LogP contribution in [0.3, 0.4) is 0 Å². The minimum atomic E-state index is -1.19. The first-order valence-corrected chi connectivity index (χ1v) is 9.25. The molecule has 1 aromatic carbocycles. The van der Waals surface area contributed by atoms with Gasteiger partial charge in [-0.2, -0.15) is 0 Å². The second-order valence-corrected chi connectivity index (χ2v) is 7.22. The van der Waals surface area contributed by atoms with Crippen molar-refractivity contribution in [2.45, 2.75) is 0 Å². The maximum absolute atomic E-state index is 11.8. The van der Waals surface area contributed by atoms with E-state index in [-0.39, 0.29) is 5.15 Å². The van der Waals surface area contributed by atoms with Crippen LogP contribution >= 0.6 is 11.6 Å². The number of nitrogens with one attached hydrogen (secondary N) is 2. The number of benzene rings is 1. The molecule has 1 aromatic heterocycles. The summed E-state index contributed by atoms with van der Waals surface area (Å²) in [5.74, 6) is 0.347. The van der Waals surface area contributed by atoms with E-state index in [9.17, 15) is 9.00 Å². The molecule has 1 atom stereocenters. The summed E-state index contributed by atoms with van der Waals surface area (Å²) in [5.41, 5.74) is 5.22. The first kappa shape index (κ1) is 19.2. The molecule has 0 aliphatic carbocycles. The van der Waals surface area contributed by atoms with Gasteiger partial charge in [0.2, 0.25) is 0 Å². The molecule has 0 bridgehead atoms. The zero-order chi connectivity index (χ0) is 18.6. The SMILES string of the molecule is CN(C)Nc1nc(Cl)cc(Nc2ccccc2N(C)S(C)=O)c1C=O. The molecular formula is C16H20ClN5O2S. The molecule has 25 heavy (non-hydrogen) atoms. The standard InChI is InChI=1S/C16H20ClN5O2S/c1-21(2)20-16-11(10-23)13(9-15(17)19-16)18-12-7-5-6-8-14(12)22(3)25(4)24/h5-10H,1-4H3,(H2,18,19,20). The van der Waals surface area contributed by atoms with Gasteiger partial charge in [-0.25, -0.2) is 14.2 Å². The first-order chi connectivity index (χ1) is 11.8. The van der Waals surface area contributed by atoms with Crippen LogP contribution < -0.4 is 15.0 Å². The average molecular weight is 382 g/mol. The number of nitrogens with zero attached hydrogens (tertiary/aromatic N) is 3. The van der Waals surface area contributed by atoms with Gasteiger partial charge in [0.15, 0.2) is 12.1 Å². The van der Waals surface area contributed by atoms with Crippen LogP contribution in [0.25, 0.3) is 0 Å². The molecule has 7 nitrogen and oxygen atoms in total. The summed E-state index contributed by atoms with van der Waals surface area (Å²) in [6, 6.07) is 8.95. The fourth-order valence-electron chi connectivity index (χ4n) is 2.18. The highest BCUT2D eigenvalue weighted by Gasteiger charge is 2.15. The molecule has 2 aromatic rings. The summed E-state index contributed by atoms with van der Waals surface area (Å²) in [4.78, 5) is 15.8. The summed E-state index contributed by atoms with van der Waals surface area (Å²) in [5, 5.41) is 5.09. The summed E-state index contributed by atoms with van der Waals surface area (Å²) in [6.45, 7) is 0. The monoisotopic (exact) mass is 381 g/mol. The minimum absolute atomic E-state index is 0.238. The predicted molar refractivity (Wildman–Crippen MR) is 104 cm³/mol. The van der Waals surface area contributed by atoms with E-state index < -0.39 is 11.0 Å². The maximum Gasteiger partial charge on any atom is 0.155 e. The number of pyridine rings is 1. The van der Waals surface area contributed by atoms with Crippen LogP contribution in [0.4, 0.5) is 22.9 Å². The lowest BCUT2D eigenvalue weighted by Gasteiger charge is -2.21. The molecule has 2 N–H and O–H groups in total. The molecule has 2 rings (SSSR count). The van der Waals surface area contributed by atoms with Crippen molar-refractivity contribution < 1.29 is 9.00 Å². The van der Waals surface area contributed by atoms with Gasteiger partial charge in [0.1, 0.15) is 16.1 Å². The molecule has 0 amide bonds. The van der Waals surface area contributed by atoms with Crippen molar-refractivity contribution >= 4 is 51.8 Å². The normalized spacial score (nSPS) is 11.9. The van der Waals surface area contributed by atoms with Crippen molar-refractivity contribution in [1.82, 2.24) is 9.99 Å². The average Bonchev–Trinajstić information content (AvgIpc) is 2.54. The second kappa shape index (κ2) is 8.28. The number of aldehydes is 1. The van der Waals surface area contributed by atoms with E-state index in [1.54, 1.807) is 42.8 Å². The van der Waals surface area contributed by atoms with Crippen molar-refractivity contribution in [1.29, 1.82) is 0 Å². The van der Waals surface area contributed by atoms with Gasteiger partial charge in [-0.3, -0.25) is 9.10 Å². The van der Waals surface area contributed by atoms with Gasteiger partial charge < -0.3 is 10.7 Å². The zero-order valence-corrected chi connectivity index (χ0v) is 16.0. The van der Waals surface area contributed by atoms with E-state index in [4.69, 9.17) is 11.6 Å². The minimum Gasteiger partial charge on any atom is -0.353 e. The summed E-state index contributed by atoms with van der Waals surface area (Å²) < 4.78 is 13.4. The van der Waals surface area contributed by atoms with E-state index in [1.807, 2.05) is 24.3 Å². The first-order valence-electron chi connectivity index (χ1n) is 7.36. The van der Waals surface area contributed by atoms with Crippen LogP contribution in [-0.4, -0.2) is 47.9 Å². The van der Waals surface area contributed by atoms with E-state index in [0.29, 0.717) is 29.0 Å². The van der Waals surface area contributed by atoms with Gasteiger partial charge in [-0.15, -0.1) is 0 Å². The van der Waals surface area contributed by atoms with Gasteiger partial charge in [-0.05, 0) is 18.2 Å². The second-order valence-electron chi connectivity index (χ2n) is 5.44. The molecule has 0 fully saturated rings. The van der Waals surface area contributed by atoms with E-state index in [2.05, 4.69) is 15.7 Å². The number of hydrogen-bond acceptors (Lipinski definition) is 6. The Bertz CT molecular complexity index is 800. The molecule has 9 heteroatoms. The Hall–Kier alpha value is -2.16. The van der Waals surface area contributed by atoms with Crippen LogP contribution in [0.2, 0.25) is 5.15 Å². The zero-order valence-electron chi connectivity index (χ0n) is 14.4. The van der Waals surface area contributed by atoms with Crippen LogP contribution in [0.1, 0.15) is 10.4 Å². The van der Waals surface area contributed by atoms with Crippen molar-refractivity contribution in [2.24, 2.45) is 0 Å². The molecule has 134 valence electrons. The van der Waals surface area contributed by atoms with Crippen LogP contribution in [0, 0.1) is 0 Å². The Morgan fingerprint density at radius 3 is 2.48 bits per heavy atom. The topological polar surface area (TPSA) is 77.6 Å². The van der Waals surface area contributed by atoms with Gasteiger partial charge in [0.25, 0.3) is 0 Å². The van der Waals surface area contributed by atoms with Crippen LogP contribution in [0.15, 0.2) is 30.3 Å². The number of aromatic nitrogens is 1. The number of para-hydroxylation sites is 2. The van der Waals surface area contributed by atoms with Crippen molar-refractivity contribution in [2.75, 3.05) is 42.4 Å². The van der Waals surface area contributed by atoms with Crippen molar-refractivity contribution in [3.05, 3.63) is 41.0 Å². The Morgan fingerprint density at radius 1 is 1.20 bits per heavy atom. The van der Waals surface area contributed by atoms with Gasteiger partial charge in [-0.1, -0.05) is 23.7 Å². The lowest BCUT2D eigenvalue weighted by atomic mass is 10.2. The number of carbonyl (C=O) groups excluding carboxylic acids is 1. The van der Waals surface area contributed by atoms with Gasteiger partial charge in [0.05, 0.1) is 22.6 Å². The smallest absolute Gasteiger partial charge is 0.155 e. The Kier molecular flexibility index (Phi) is 6.35. The van der Waals surface area contributed by atoms with Crippen LogP contribution in [0.5, 0.6) is 0 Å². The van der Waals surface area contributed by atoms with E-state index >= 15 is 0 Å². The predicted octanol–water partition coefficient (Wildman–Crippen LogP) is 2.91. The Morgan fingerprint density at radius 2 is 1.88 bits per heavy atom. The molecule has 0 radical (unpaired) electrons. The highest BCUT2D eigenvalue weighted by molar-refractivity contribution is 7.85. The van der Waals surface area contributed by atoms with E-state index in [0.717, 1.165) is 5.69 Å². The van der Waals surface area contributed by atoms with E-state index in [1.165, 1.54) is 0 Å². The quantitative estimate of drug-likeness (QED) is 0.436. The third kappa shape index (κ3) is 4.68. The maximum atomic E-state index is 11.8. The molecular weight excluding hydrogens is 362 g/mol. The third-order valence-corrected chi connectivity index (χ3v) is 4.53. The van der Waals surface area contributed by atoms with Crippen molar-refractivity contribution in [3.63, 3.8) is 0 Å². The number of halogens is 1. The molecule has 0 aliphatic heterocycles. The number of hydrogen-bond donors (Lipinski definition) is 2. The molecule has 1 heterocycles. The number of hydrazine groups is 1. The highest BCUT2D eigenvalue weighted by Crippen LogP contribution is 2.32.